The zero-order valence-electron chi connectivity index (χ0n) is 22.0. The smallest absolute Gasteiger partial charge is 0.239 e. The van der Waals surface area contributed by atoms with Gasteiger partial charge in [-0.3, -0.25) is 14.5 Å². The average Bonchev–Trinajstić information content (AvgIpc) is 2.89. The van der Waals surface area contributed by atoms with E-state index >= 15 is 0 Å². The number of piperidine rings is 1. The Kier molecular flexibility index (Phi) is 6.83. The molecule has 0 radical (unpaired) electrons. The van der Waals surface area contributed by atoms with Crippen molar-refractivity contribution in [2.45, 2.75) is 75.8 Å². The monoisotopic (exact) mass is 499 g/mol. The van der Waals surface area contributed by atoms with Crippen molar-refractivity contribution in [3.05, 3.63) is 71.8 Å². The van der Waals surface area contributed by atoms with Crippen LogP contribution >= 0.6 is 0 Å². The van der Waals surface area contributed by atoms with Gasteiger partial charge in [0.25, 0.3) is 0 Å². The van der Waals surface area contributed by atoms with Crippen LogP contribution in [0.25, 0.3) is 0 Å². The lowest BCUT2D eigenvalue weighted by Crippen LogP contribution is -2.55. The van der Waals surface area contributed by atoms with E-state index in [1.165, 1.54) is 43.2 Å². The lowest BCUT2D eigenvalue weighted by atomic mass is 9.42. The van der Waals surface area contributed by atoms with Crippen molar-refractivity contribution < 1.29 is 9.59 Å². The summed E-state index contributed by atoms with van der Waals surface area (Å²) in [6.07, 6.45) is 9.87. The highest BCUT2D eigenvalue weighted by molar-refractivity contribution is 5.85. The number of hydrogen-bond acceptors (Lipinski definition) is 3. The second-order valence-corrected chi connectivity index (χ2v) is 12.7. The summed E-state index contributed by atoms with van der Waals surface area (Å²) < 4.78 is 0. The Morgan fingerprint density at radius 2 is 1.49 bits per heavy atom. The first-order chi connectivity index (χ1) is 18.0. The SMILES string of the molecule is O=C(CC12CC3CC(C1)CC(c1ccccc1)(C3)C2)NCC(=O)NC1CCN(Cc2ccccc2)CC1. The summed E-state index contributed by atoms with van der Waals surface area (Å²) in [6, 6.07) is 21.8. The summed E-state index contributed by atoms with van der Waals surface area (Å²) in [5.74, 6) is 1.48. The number of rotatable bonds is 8. The molecule has 4 saturated carbocycles. The fourth-order valence-corrected chi connectivity index (χ4v) is 8.73. The molecule has 5 nitrogen and oxygen atoms in total. The van der Waals surface area contributed by atoms with Crippen LogP contribution in [0.1, 0.15) is 68.9 Å². The molecule has 4 bridgehead atoms. The van der Waals surface area contributed by atoms with Gasteiger partial charge in [0.15, 0.2) is 0 Å². The average molecular weight is 500 g/mol. The fraction of sp³-hybridized carbons (Fsp3) is 0.562. The van der Waals surface area contributed by atoms with Gasteiger partial charge < -0.3 is 10.6 Å². The summed E-state index contributed by atoms with van der Waals surface area (Å²) in [5, 5.41) is 6.14. The van der Waals surface area contributed by atoms with Gasteiger partial charge in [0.1, 0.15) is 0 Å². The predicted molar refractivity (Wildman–Crippen MR) is 146 cm³/mol. The molecule has 2 atom stereocenters. The van der Waals surface area contributed by atoms with Gasteiger partial charge in [0, 0.05) is 32.1 Å². The highest BCUT2D eigenvalue weighted by atomic mass is 16.2. The molecule has 2 aromatic rings. The molecule has 2 amide bonds. The molecule has 196 valence electrons. The third-order valence-corrected chi connectivity index (χ3v) is 9.75. The van der Waals surface area contributed by atoms with Crippen LogP contribution in [-0.2, 0) is 21.5 Å². The van der Waals surface area contributed by atoms with Crippen LogP contribution in [0.4, 0.5) is 0 Å². The molecule has 2 aromatic carbocycles. The maximum Gasteiger partial charge on any atom is 0.239 e. The van der Waals surface area contributed by atoms with Gasteiger partial charge in [-0.05, 0) is 85.2 Å². The molecule has 0 spiro atoms. The first-order valence-corrected chi connectivity index (χ1v) is 14.4. The first-order valence-electron chi connectivity index (χ1n) is 14.4. The second kappa shape index (κ2) is 10.2. The fourth-order valence-electron chi connectivity index (χ4n) is 8.73. The quantitative estimate of drug-likeness (QED) is 0.548. The number of nitrogens with one attached hydrogen (secondary N) is 2. The van der Waals surface area contributed by atoms with Crippen LogP contribution in [0.2, 0.25) is 0 Å². The molecular formula is C32H41N3O2. The van der Waals surface area contributed by atoms with Gasteiger partial charge in [-0.2, -0.15) is 0 Å². The molecular weight excluding hydrogens is 458 g/mol. The highest BCUT2D eigenvalue weighted by Gasteiger charge is 2.58. The third-order valence-electron chi connectivity index (χ3n) is 9.75. The summed E-state index contributed by atoms with van der Waals surface area (Å²) in [7, 11) is 0. The van der Waals surface area contributed by atoms with Gasteiger partial charge in [0.05, 0.1) is 6.54 Å². The van der Waals surface area contributed by atoms with Crippen LogP contribution in [-0.4, -0.2) is 42.4 Å². The van der Waals surface area contributed by atoms with E-state index in [1.54, 1.807) is 0 Å². The molecule has 7 rings (SSSR count). The molecule has 2 unspecified atom stereocenters. The summed E-state index contributed by atoms with van der Waals surface area (Å²) in [5.41, 5.74) is 3.16. The van der Waals surface area contributed by atoms with Crippen molar-refractivity contribution in [3.63, 3.8) is 0 Å². The van der Waals surface area contributed by atoms with E-state index < -0.39 is 0 Å². The number of carbonyl (C=O) groups excluding carboxylic acids is 2. The van der Waals surface area contributed by atoms with E-state index in [9.17, 15) is 9.59 Å². The minimum atomic E-state index is -0.0545. The van der Waals surface area contributed by atoms with Gasteiger partial charge in [-0.15, -0.1) is 0 Å². The number of likely N-dealkylation sites (tertiary alicyclic amines) is 1. The van der Waals surface area contributed by atoms with Crippen LogP contribution in [0.5, 0.6) is 0 Å². The number of carbonyl (C=O) groups is 2. The normalized spacial score (nSPS) is 31.2. The van der Waals surface area contributed by atoms with Crippen molar-refractivity contribution >= 4 is 11.8 Å². The Bertz CT molecular complexity index is 1080. The van der Waals surface area contributed by atoms with Crippen LogP contribution in [0, 0.1) is 17.3 Å². The summed E-state index contributed by atoms with van der Waals surface area (Å²) in [6.45, 7) is 3.03. The lowest BCUT2D eigenvalue weighted by molar-refractivity contribution is -0.133. The van der Waals surface area contributed by atoms with Crippen molar-refractivity contribution in [1.82, 2.24) is 15.5 Å². The molecule has 37 heavy (non-hydrogen) atoms. The van der Waals surface area contributed by atoms with E-state index in [2.05, 4.69) is 70.1 Å². The van der Waals surface area contributed by atoms with Crippen LogP contribution in [0.15, 0.2) is 60.7 Å². The van der Waals surface area contributed by atoms with Gasteiger partial charge >= 0.3 is 0 Å². The predicted octanol–water partition coefficient (Wildman–Crippen LogP) is 4.81. The van der Waals surface area contributed by atoms with Crippen LogP contribution in [0.3, 0.4) is 0 Å². The number of benzene rings is 2. The van der Waals surface area contributed by atoms with Gasteiger partial charge in [-0.1, -0.05) is 60.7 Å². The Morgan fingerprint density at radius 3 is 2.16 bits per heavy atom. The maximum atomic E-state index is 13.1. The Labute approximate surface area is 221 Å². The molecule has 2 N–H and O–H groups in total. The van der Waals surface area contributed by atoms with Crippen molar-refractivity contribution in [2.24, 2.45) is 17.3 Å². The topological polar surface area (TPSA) is 61.4 Å². The maximum absolute atomic E-state index is 13.1. The van der Waals surface area contributed by atoms with Crippen LogP contribution < -0.4 is 10.6 Å². The van der Waals surface area contributed by atoms with Crippen molar-refractivity contribution in [3.8, 4) is 0 Å². The van der Waals surface area contributed by atoms with Gasteiger partial charge in [0.2, 0.25) is 11.8 Å². The first kappa shape index (κ1) is 24.7. The molecule has 1 heterocycles. The number of nitrogens with zero attached hydrogens (tertiary/aromatic N) is 1. The minimum absolute atomic E-state index is 0.0537. The molecule has 5 aliphatic rings. The highest BCUT2D eigenvalue weighted by Crippen LogP contribution is 2.66. The van der Waals surface area contributed by atoms with E-state index in [-0.39, 0.29) is 35.2 Å². The van der Waals surface area contributed by atoms with E-state index in [0.29, 0.717) is 6.42 Å². The molecule has 5 heteroatoms. The Balaban J connectivity index is 0.973. The van der Waals surface area contributed by atoms with E-state index in [1.807, 2.05) is 6.07 Å². The van der Waals surface area contributed by atoms with E-state index in [0.717, 1.165) is 50.7 Å². The van der Waals surface area contributed by atoms with Crippen molar-refractivity contribution in [1.29, 1.82) is 0 Å². The Morgan fingerprint density at radius 1 is 0.838 bits per heavy atom. The number of hydrogen-bond donors (Lipinski definition) is 2. The second-order valence-electron chi connectivity index (χ2n) is 12.7. The van der Waals surface area contributed by atoms with Gasteiger partial charge in [-0.25, -0.2) is 0 Å². The standard InChI is InChI=1S/C32H41N3O2/c36-29(33-21-30(37)34-28-11-13-35(14-12-28)22-24-7-3-1-4-8-24)20-31-16-25-15-26(17-31)19-32(18-25,23-31)27-9-5-2-6-10-27/h1-10,25-26,28H,11-23H2,(H,33,36)(H,34,37). The summed E-state index contributed by atoms with van der Waals surface area (Å²) in [4.78, 5) is 28.2. The van der Waals surface area contributed by atoms with Crippen molar-refractivity contribution in [2.75, 3.05) is 19.6 Å². The molecule has 0 aromatic heterocycles. The molecule has 1 aliphatic heterocycles. The molecule has 1 saturated heterocycles. The lowest BCUT2D eigenvalue weighted by Gasteiger charge is -2.62. The third kappa shape index (κ3) is 5.47. The van der Waals surface area contributed by atoms with E-state index in [4.69, 9.17) is 0 Å². The number of amides is 2. The Hall–Kier alpha value is -2.66. The molecule has 4 aliphatic carbocycles. The summed E-state index contributed by atoms with van der Waals surface area (Å²) >= 11 is 0. The minimum Gasteiger partial charge on any atom is -0.352 e. The zero-order valence-corrected chi connectivity index (χ0v) is 22.0. The zero-order chi connectivity index (χ0) is 25.3. The largest absolute Gasteiger partial charge is 0.352 e. The molecule has 5 fully saturated rings.